The molecule has 0 heterocycles. The van der Waals surface area contributed by atoms with Gasteiger partial charge in [0.15, 0.2) is 0 Å². The summed E-state index contributed by atoms with van der Waals surface area (Å²) in [7, 11) is 0. The predicted octanol–water partition coefficient (Wildman–Crippen LogP) is 6.55. The van der Waals surface area contributed by atoms with Gasteiger partial charge in [-0.2, -0.15) is 0 Å². The van der Waals surface area contributed by atoms with Gasteiger partial charge in [-0.3, -0.25) is 0 Å². The first-order valence-electron chi connectivity index (χ1n) is 7.97. The zero-order valence-electron chi connectivity index (χ0n) is 12.0. The van der Waals surface area contributed by atoms with E-state index in [2.05, 4.69) is 25.8 Å². The lowest BCUT2D eigenvalue weighted by Gasteiger charge is -2.02. The molecule has 0 atom stereocenters. The minimum Gasteiger partial charge on any atom is -0.301 e. The van der Waals surface area contributed by atoms with Gasteiger partial charge in [-0.1, -0.05) is 90.4 Å². The van der Waals surface area contributed by atoms with E-state index < -0.39 is 0 Å². The molecule has 0 saturated carbocycles. The van der Waals surface area contributed by atoms with Gasteiger partial charge in [-0.25, -0.2) is 0 Å². The Labute approximate surface area is 129 Å². The zero-order chi connectivity index (χ0) is 12.6. The maximum absolute atomic E-state index is 2.62. The molecule has 0 saturated heterocycles. The van der Waals surface area contributed by atoms with Crippen molar-refractivity contribution in [3.8, 4) is 0 Å². The summed E-state index contributed by atoms with van der Waals surface area (Å²) in [5, 5.41) is 0. The van der Waals surface area contributed by atoms with Gasteiger partial charge in [0.05, 0.1) is 0 Å². The molecule has 0 aromatic rings. The van der Waals surface area contributed by atoms with Gasteiger partial charge >= 0.3 is 16.5 Å². The number of hydrogen-bond donors (Lipinski definition) is 0. The van der Waals surface area contributed by atoms with Crippen LogP contribution >= 0.6 is 18.9 Å². The van der Waals surface area contributed by atoms with E-state index in [0.29, 0.717) is 16.5 Å². The van der Waals surface area contributed by atoms with Crippen molar-refractivity contribution in [2.75, 3.05) is 0 Å². The predicted molar refractivity (Wildman–Crippen MR) is 90.3 cm³/mol. The molecule has 0 bridgehead atoms. The van der Waals surface area contributed by atoms with Crippen molar-refractivity contribution in [1.82, 2.24) is 0 Å². The summed E-state index contributed by atoms with van der Waals surface area (Å²) in [6, 6.07) is 0. The lowest BCUT2D eigenvalue weighted by atomic mass is 10.1. The molecule has 0 aliphatic rings. The molecule has 0 aliphatic heterocycles. The number of rotatable bonds is 14. The summed E-state index contributed by atoms with van der Waals surface area (Å²) in [5.74, 6) is 0. The SMILES string of the molecule is CCCCCCCCCCCCCC[CH2][Mg][I]. The Bertz CT molecular complexity index is 114. The van der Waals surface area contributed by atoms with Gasteiger partial charge in [0, 0.05) is 0 Å². The van der Waals surface area contributed by atoms with Gasteiger partial charge in [0.2, 0.25) is 0 Å². The first-order chi connectivity index (χ1) is 8.41. The highest BCUT2D eigenvalue weighted by Crippen LogP contribution is 2.12. The Hall–Kier alpha value is 1.50. The molecule has 0 aromatic heterocycles. The first kappa shape index (κ1) is 18.5. The van der Waals surface area contributed by atoms with Gasteiger partial charge in [-0.05, 0) is 0 Å². The highest BCUT2D eigenvalue weighted by Gasteiger charge is 1.94. The van der Waals surface area contributed by atoms with Crippen molar-refractivity contribution < 1.29 is 0 Å². The van der Waals surface area contributed by atoms with Crippen molar-refractivity contribution in [2.24, 2.45) is 0 Å². The molecule has 0 unspecified atom stereocenters. The molecule has 0 nitrogen and oxygen atoms in total. The Morgan fingerprint density at radius 2 is 0.941 bits per heavy atom. The molecule has 0 radical (unpaired) electrons. The van der Waals surface area contributed by atoms with E-state index in [0.717, 1.165) is 0 Å². The molecular formula is C15H31IMg. The summed E-state index contributed by atoms with van der Waals surface area (Å²) < 4.78 is 1.57. The first-order valence-corrected chi connectivity index (χ1v) is 14.1. The summed E-state index contributed by atoms with van der Waals surface area (Å²) >= 11 is 2.95. The van der Waals surface area contributed by atoms with Crippen molar-refractivity contribution in [2.45, 2.75) is 94.9 Å². The van der Waals surface area contributed by atoms with Crippen molar-refractivity contribution in [3.63, 3.8) is 0 Å². The third kappa shape index (κ3) is 17.5. The fourth-order valence-corrected chi connectivity index (χ4v) is 4.45. The molecule has 0 rings (SSSR count). The zero-order valence-corrected chi connectivity index (χ0v) is 15.6. The van der Waals surface area contributed by atoms with E-state index in [-0.39, 0.29) is 0 Å². The van der Waals surface area contributed by atoms with Gasteiger partial charge in [-0.15, -0.1) is 4.55 Å². The Morgan fingerprint density at radius 1 is 0.588 bits per heavy atom. The topological polar surface area (TPSA) is 0 Å². The minimum absolute atomic E-state index is 0.324. The van der Waals surface area contributed by atoms with Gasteiger partial charge < -0.3 is 18.9 Å². The lowest BCUT2D eigenvalue weighted by Crippen LogP contribution is -1.83. The van der Waals surface area contributed by atoms with Crippen LogP contribution in [0.3, 0.4) is 0 Å². The monoisotopic (exact) mass is 362 g/mol. The Balaban J connectivity index is 2.85. The fourth-order valence-electron chi connectivity index (χ4n) is 2.29. The van der Waals surface area contributed by atoms with Crippen molar-refractivity contribution >= 4 is 35.3 Å². The average molecular weight is 363 g/mol. The Morgan fingerprint density at radius 3 is 1.29 bits per heavy atom. The highest BCUT2D eigenvalue weighted by molar-refractivity contribution is 14.1. The van der Waals surface area contributed by atoms with E-state index in [9.17, 15) is 0 Å². The molecule has 17 heavy (non-hydrogen) atoms. The minimum atomic E-state index is 0.324. The van der Waals surface area contributed by atoms with Crippen LogP contribution in [0.5, 0.6) is 0 Å². The van der Waals surface area contributed by atoms with Crippen LogP contribution in [-0.2, 0) is 0 Å². The van der Waals surface area contributed by atoms with E-state index in [1.54, 1.807) is 4.55 Å². The highest BCUT2D eigenvalue weighted by atomic mass is 127. The van der Waals surface area contributed by atoms with E-state index >= 15 is 0 Å². The van der Waals surface area contributed by atoms with Crippen LogP contribution in [-0.4, -0.2) is 16.5 Å². The van der Waals surface area contributed by atoms with E-state index in [1.807, 2.05) is 0 Å². The second-order valence-corrected chi connectivity index (χ2v) is 9.61. The molecule has 0 aromatic carbocycles. The summed E-state index contributed by atoms with van der Waals surface area (Å²) in [6.07, 6.45) is 19.3. The average Bonchev–Trinajstić information content (AvgIpc) is 2.35. The summed E-state index contributed by atoms with van der Waals surface area (Å²) in [6.45, 7) is 2.29. The standard InChI is InChI=1S/C15H31.HI.Mg/c1-3-5-7-9-11-13-15-14-12-10-8-6-4-2;;/h1,3-15H2,2H3;1H;/q;;+1/p-1. The van der Waals surface area contributed by atoms with Crippen LogP contribution < -0.4 is 0 Å². The lowest BCUT2D eigenvalue weighted by molar-refractivity contribution is 0.542. The fraction of sp³-hybridized carbons (Fsp3) is 1.00. The molecule has 0 amide bonds. The van der Waals surface area contributed by atoms with Crippen LogP contribution in [0, 0.1) is 0 Å². The second-order valence-electron chi connectivity index (χ2n) is 5.29. The summed E-state index contributed by atoms with van der Waals surface area (Å²) in [5.41, 5.74) is 0. The van der Waals surface area contributed by atoms with E-state index in [1.165, 1.54) is 83.5 Å². The molecule has 0 spiro atoms. The third-order valence-electron chi connectivity index (χ3n) is 3.49. The molecule has 100 valence electrons. The van der Waals surface area contributed by atoms with Crippen LogP contribution in [0.15, 0.2) is 0 Å². The van der Waals surface area contributed by atoms with Crippen LogP contribution in [0.4, 0.5) is 0 Å². The quantitative estimate of drug-likeness (QED) is 0.187. The molecule has 0 fully saturated rings. The van der Waals surface area contributed by atoms with Crippen molar-refractivity contribution in [3.05, 3.63) is 0 Å². The smallest absolute Gasteiger partial charge is 0.301 e. The summed E-state index contributed by atoms with van der Waals surface area (Å²) in [4.78, 5) is 0. The second kappa shape index (κ2) is 17.5. The normalized spacial score (nSPS) is 10.5. The van der Waals surface area contributed by atoms with Crippen LogP contribution in [0.2, 0.25) is 4.55 Å². The van der Waals surface area contributed by atoms with Gasteiger partial charge in [0.25, 0.3) is 0 Å². The molecular weight excluding hydrogens is 331 g/mol. The molecule has 0 aliphatic carbocycles. The van der Waals surface area contributed by atoms with Crippen LogP contribution in [0.25, 0.3) is 0 Å². The number of unbranched alkanes of at least 4 members (excludes halogenated alkanes) is 12. The third-order valence-corrected chi connectivity index (χ3v) is 6.54. The van der Waals surface area contributed by atoms with Gasteiger partial charge in [0.1, 0.15) is 0 Å². The van der Waals surface area contributed by atoms with Crippen molar-refractivity contribution in [1.29, 1.82) is 0 Å². The molecule has 2 heteroatoms. The number of halogens is 1. The Kier molecular flexibility index (Phi) is 19.0. The van der Waals surface area contributed by atoms with E-state index in [4.69, 9.17) is 0 Å². The maximum atomic E-state index is 2.62. The number of hydrogen-bond acceptors (Lipinski definition) is 0. The largest absolute Gasteiger partial charge is 0.463 e. The maximum Gasteiger partial charge on any atom is 0.463 e. The van der Waals surface area contributed by atoms with Crippen LogP contribution in [0.1, 0.15) is 90.4 Å². The molecule has 0 N–H and O–H groups in total.